The molecule has 0 aromatic heterocycles. The number of aliphatic hydroxyl groups is 1. The number of hydrogen-bond acceptors (Lipinski definition) is 7. The average Bonchev–Trinajstić information content (AvgIpc) is 3.40. The second-order valence-corrected chi connectivity index (χ2v) is 22.5. The van der Waals surface area contributed by atoms with Gasteiger partial charge in [-0.1, -0.05) is 115 Å². The number of cyclic esters (lactones) is 1. The largest absolute Gasteiger partial charge is 0.457 e. The van der Waals surface area contributed by atoms with Gasteiger partial charge in [-0.05, 0) is 80.8 Å². The van der Waals surface area contributed by atoms with Crippen molar-refractivity contribution in [3.8, 4) is 0 Å². The van der Waals surface area contributed by atoms with E-state index in [1.165, 1.54) is 44.1 Å². The summed E-state index contributed by atoms with van der Waals surface area (Å²) in [4.78, 5) is 31.7. The molecule has 2 heterocycles. The van der Waals surface area contributed by atoms with Gasteiger partial charge in [-0.15, -0.1) is 0 Å². The van der Waals surface area contributed by atoms with E-state index in [1.807, 2.05) is 50.3 Å². The fourth-order valence-corrected chi connectivity index (χ4v) is 8.93. The molecular weight excluding hydrogens is 681 g/mol. The number of nitrogens with zero attached hydrogens (tertiary/aromatic N) is 2. The number of piperazine rings is 1. The molecule has 8 nitrogen and oxygen atoms in total. The maximum absolute atomic E-state index is 13.7. The van der Waals surface area contributed by atoms with E-state index in [2.05, 4.69) is 63.9 Å². The number of carbonyl (C=O) groups excluding carboxylic acids is 2. The third-order valence-electron chi connectivity index (χ3n) is 12.2. The fraction of sp³-hybridized carbons (Fsp3) is 0.682. The minimum Gasteiger partial charge on any atom is -0.457 e. The Morgan fingerprint density at radius 2 is 1.66 bits per heavy atom. The molecular formula is C44H70N2O6Si. The Morgan fingerprint density at radius 1 is 1.02 bits per heavy atom. The lowest BCUT2D eigenvalue weighted by molar-refractivity contribution is -0.151. The first-order chi connectivity index (χ1) is 25.0. The summed E-state index contributed by atoms with van der Waals surface area (Å²) in [5, 5.41) is 12.0. The summed E-state index contributed by atoms with van der Waals surface area (Å²) >= 11 is 0. The Labute approximate surface area is 322 Å². The van der Waals surface area contributed by atoms with Crippen LogP contribution in [0.3, 0.4) is 0 Å². The monoisotopic (exact) mass is 751 g/mol. The van der Waals surface area contributed by atoms with E-state index in [-0.39, 0.29) is 29.3 Å². The molecule has 0 bridgehead atoms. The van der Waals surface area contributed by atoms with Gasteiger partial charge in [0, 0.05) is 38.1 Å². The lowest BCUT2D eigenvalue weighted by Gasteiger charge is -2.41. The summed E-state index contributed by atoms with van der Waals surface area (Å²) in [6.07, 6.45) is 16.1. The standard InChI is InChI=1S/C44H70N2O6Si/c1-33(36-20-13-12-14-21-36)18-17-19-34(2)41-35(3)24-25-39(50-42(48)46-30-28-45(29-31-46)37-22-15-10-11-16-23-37)44(7,49)27-26-38(32-40(47)51-41)52-53(8,9)43(4,5)6/h12-14,17-21,24-25,33,35,37-39,41,49H,10-11,15-16,22-23,26-32H2,1-9H3/b18-17+,25-24+,34-19+/t33?,35-,38+,39-,41+,44+/m0/s1. The normalized spacial score (nSPS) is 29.4. The Balaban J connectivity index is 1.56. The van der Waals surface area contributed by atoms with Gasteiger partial charge in [0.25, 0.3) is 0 Å². The molecule has 1 saturated carbocycles. The van der Waals surface area contributed by atoms with Crippen molar-refractivity contribution in [2.24, 2.45) is 5.92 Å². The van der Waals surface area contributed by atoms with Gasteiger partial charge in [0.05, 0.1) is 12.5 Å². The van der Waals surface area contributed by atoms with Gasteiger partial charge in [0.15, 0.2) is 14.4 Å². The second kappa shape index (κ2) is 19.2. The Hall–Kier alpha value is -2.72. The first-order valence-corrected chi connectivity index (χ1v) is 23.2. The molecule has 6 atom stereocenters. The quantitative estimate of drug-likeness (QED) is 0.0931. The van der Waals surface area contributed by atoms with Crippen LogP contribution in [0.1, 0.15) is 118 Å². The molecule has 0 radical (unpaired) electrons. The van der Waals surface area contributed by atoms with Crippen molar-refractivity contribution in [1.82, 2.24) is 9.80 Å². The van der Waals surface area contributed by atoms with Crippen LogP contribution in [0, 0.1) is 5.92 Å². The molecule has 9 heteroatoms. The van der Waals surface area contributed by atoms with Crippen LogP contribution < -0.4 is 0 Å². The number of ether oxygens (including phenoxy) is 2. The van der Waals surface area contributed by atoms with Crippen molar-refractivity contribution in [1.29, 1.82) is 0 Å². The van der Waals surface area contributed by atoms with Gasteiger partial charge in [0.2, 0.25) is 0 Å². The van der Waals surface area contributed by atoms with Crippen LogP contribution in [0.2, 0.25) is 18.1 Å². The van der Waals surface area contributed by atoms with Crippen molar-refractivity contribution < 1.29 is 28.6 Å². The Kier molecular flexibility index (Phi) is 15.6. The molecule has 3 aliphatic rings. The van der Waals surface area contributed by atoms with E-state index in [4.69, 9.17) is 13.9 Å². The molecule has 1 saturated heterocycles. The third-order valence-corrected chi connectivity index (χ3v) is 16.8. The van der Waals surface area contributed by atoms with E-state index in [1.54, 1.807) is 17.9 Å². The number of amides is 1. The van der Waals surface area contributed by atoms with Crippen LogP contribution in [-0.4, -0.2) is 91.4 Å². The highest BCUT2D eigenvalue weighted by Gasteiger charge is 2.42. The first kappa shape index (κ1) is 43.0. The highest BCUT2D eigenvalue weighted by Crippen LogP contribution is 2.39. The van der Waals surface area contributed by atoms with Crippen LogP contribution in [0.4, 0.5) is 4.79 Å². The summed E-state index contributed by atoms with van der Waals surface area (Å²) in [5.41, 5.74) is 0.742. The molecule has 4 rings (SSSR count). The molecule has 1 N–H and O–H groups in total. The molecule has 0 spiro atoms. The lowest BCUT2D eigenvalue weighted by atomic mass is 9.88. The molecule has 2 aliphatic heterocycles. The molecule has 53 heavy (non-hydrogen) atoms. The maximum atomic E-state index is 13.7. The molecule has 1 amide bonds. The zero-order valence-electron chi connectivity index (χ0n) is 34.3. The minimum atomic E-state index is -2.27. The number of carbonyl (C=O) groups is 2. The van der Waals surface area contributed by atoms with Crippen molar-refractivity contribution in [3.05, 3.63) is 71.8 Å². The number of hydrogen-bond donors (Lipinski definition) is 1. The Bertz CT molecular complexity index is 1400. The summed E-state index contributed by atoms with van der Waals surface area (Å²) in [5.74, 6) is -0.351. The first-order valence-electron chi connectivity index (χ1n) is 20.3. The van der Waals surface area contributed by atoms with Gasteiger partial charge < -0.3 is 23.9 Å². The smallest absolute Gasteiger partial charge is 0.410 e. The van der Waals surface area contributed by atoms with Gasteiger partial charge in [-0.2, -0.15) is 0 Å². The number of allylic oxidation sites excluding steroid dienone is 3. The summed E-state index contributed by atoms with van der Waals surface area (Å²) in [7, 11) is -2.27. The lowest BCUT2D eigenvalue weighted by Crippen LogP contribution is -2.53. The van der Waals surface area contributed by atoms with E-state index >= 15 is 0 Å². The maximum Gasteiger partial charge on any atom is 0.410 e. The van der Waals surface area contributed by atoms with Crippen LogP contribution >= 0.6 is 0 Å². The Morgan fingerprint density at radius 3 is 2.28 bits per heavy atom. The number of esters is 1. The van der Waals surface area contributed by atoms with Gasteiger partial charge in [-0.25, -0.2) is 4.79 Å². The van der Waals surface area contributed by atoms with Crippen molar-refractivity contribution in [3.63, 3.8) is 0 Å². The zero-order chi connectivity index (χ0) is 38.8. The highest BCUT2D eigenvalue weighted by molar-refractivity contribution is 6.74. The highest BCUT2D eigenvalue weighted by atomic mass is 28.4. The molecule has 1 aliphatic carbocycles. The summed E-state index contributed by atoms with van der Waals surface area (Å²) in [6.45, 7) is 21.7. The SMILES string of the molecule is C/C(=C\C=C\C(C)c1ccccc1)[C@H]1OC(=O)C[C@H](O[Si](C)(C)C(C)(C)C)CC[C@@](C)(O)[C@@H](OC(=O)N2CCN(C3CCCCCC3)CC2)/C=C/[C@@H]1C. The summed E-state index contributed by atoms with van der Waals surface area (Å²) in [6, 6.07) is 10.9. The molecule has 1 unspecified atom stereocenters. The zero-order valence-corrected chi connectivity index (χ0v) is 35.3. The van der Waals surface area contributed by atoms with Gasteiger partial charge in [-0.3, -0.25) is 9.69 Å². The average molecular weight is 751 g/mol. The number of rotatable bonds is 8. The molecule has 1 aromatic rings. The third kappa shape index (κ3) is 12.7. The van der Waals surface area contributed by atoms with Crippen molar-refractivity contribution in [2.75, 3.05) is 26.2 Å². The van der Waals surface area contributed by atoms with Crippen molar-refractivity contribution >= 4 is 20.4 Å². The number of benzene rings is 1. The van der Waals surface area contributed by atoms with Crippen LogP contribution in [-0.2, 0) is 18.7 Å². The molecule has 296 valence electrons. The van der Waals surface area contributed by atoms with Gasteiger partial charge in [0.1, 0.15) is 11.7 Å². The predicted molar refractivity (Wildman–Crippen MR) is 217 cm³/mol. The van der Waals surface area contributed by atoms with E-state index < -0.39 is 38.3 Å². The second-order valence-electron chi connectivity index (χ2n) is 17.7. The van der Waals surface area contributed by atoms with Crippen LogP contribution in [0.25, 0.3) is 0 Å². The van der Waals surface area contributed by atoms with E-state index in [0.717, 1.165) is 18.7 Å². The summed E-state index contributed by atoms with van der Waals surface area (Å²) < 4.78 is 19.3. The fourth-order valence-electron chi connectivity index (χ4n) is 7.55. The minimum absolute atomic E-state index is 0.0657. The molecule has 1 aromatic carbocycles. The van der Waals surface area contributed by atoms with Crippen LogP contribution in [0.15, 0.2) is 66.3 Å². The molecule has 2 fully saturated rings. The van der Waals surface area contributed by atoms with E-state index in [0.29, 0.717) is 32.0 Å². The topological polar surface area (TPSA) is 88.5 Å². The van der Waals surface area contributed by atoms with E-state index in [9.17, 15) is 14.7 Å². The van der Waals surface area contributed by atoms with Crippen molar-refractivity contribution in [2.45, 2.75) is 160 Å². The van der Waals surface area contributed by atoms with Gasteiger partial charge >= 0.3 is 12.1 Å². The predicted octanol–water partition coefficient (Wildman–Crippen LogP) is 9.57. The van der Waals surface area contributed by atoms with Crippen LogP contribution in [0.5, 0.6) is 0 Å².